The van der Waals surface area contributed by atoms with Gasteiger partial charge in [-0.3, -0.25) is 0 Å². The second-order valence-electron chi connectivity index (χ2n) is 2.07. The highest BCUT2D eigenvalue weighted by molar-refractivity contribution is 5.85. The van der Waals surface area contributed by atoms with Gasteiger partial charge >= 0.3 is 0 Å². The Labute approximate surface area is 67.1 Å². The van der Waals surface area contributed by atoms with Crippen LogP contribution in [-0.4, -0.2) is 22.4 Å². The molecule has 1 aliphatic carbocycles. The topological polar surface area (TPSA) is 40.5 Å². The number of aliphatic hydroxyl groups excluding tert-OH is 2. The summed E-state index contributed by atoms with van der Waals surface area (Å²) in [5, 5.41) is 17.5. The maximum Gasteiger partial charge on any atom is 0.0799 e. The van der Waals surface area contributed by atoms with Crippen molar-refractivity contribution in [2.75, 3.05) is 0 Å². The zero-order valence-corrected chi connectivity index (χ0v) is 6.62. The Morgan fingerprint density at radius 3 is 1.33 bits per heavy atom. The van der Waals surface area contributed by atoms with Crippen molar-refractivity contribution < 1.29 is 10.2 Å². The van der Waals surface area contributed by atoms with E-state index in [0.29, 0.717) is 0 Å². The molecule has 9 heavy (non-hydrogen) atoms. The molecule has 0 radical (unpaired) electrons. The molecular formula is C5H12Cl2O2. The molecule has 2 N–H and O–H groups in total. The molecule has 58 valence electrons. The van der Waals surface area contributed by atoms with Gasteiger partial charge in [-0.25, -0.2) is 0 Å². The van der Waals surface area contributed by atoms with E-state index in [1.807, 2.05) is 0 Å². The van der Waals surface area contributed by atoms with Crippen LogP contribution in [0.4, 0.5) is 0 Å². The smallest absolute Gasteiger partial charge is 0.0799 e. The van der Waals surface area contributed by atoms with Gasteiger partial charge in [-0.15, -0.1) is 24.8 Å². The van der Waals surface area contributed by atoms with Crippen molar-refractivity contribution in [1.82, 2.24) is 0 Å². The summed E-state index contributed by atoms with van der Waals surface area (Å²) >= 11 is 0. The quantitative estimate of drug-likeness (QED) is 0.569. The number of halogens is 2. The van der Waals surface area contributed by atoms with Gasteiger partial charge in [0.15, 0.2) is 0 Å². The highest BCUT2D eigenvalue weighted by Crippen LogP contribution is 2.17. The molecule has 2 nitrogen and oxygen atoms in total. The van der Waals surface area contributed by atoms with Gasteiger partial charge in [-0.05, 0) is 19.3 Å². The van der Waals surface area contributed by atoms with Crippen molar-refractivity contribution >= 4 is 24.8 Å². The molecule has 0 saturated heterocycles. The van der Waals surface area contributed by atoms with Gasteiger partial charge in [0.05, 0.1) is 12.2 Å². The van der Waals surface area contributed by atoms with Crippen molar-refractivity contribution in [2.45, 2.75) is 31.5 Å². The maximum absolute atomic E-state index is 8.75. The van der Waals surface area contributed by atoms with E-state index in [1.165, 1.54) is 0 Å². The number of hydrogen-bond acceptors (Lipinski definition) is 2. The molecule has 0 aliphatic heterocycles. The van der Waals surface area contributed by atoms with Gasteiger partial charge in [0.2, 0.25) is 0 Å². The average Bonchev–Trinajstić information content (AvgIpc) is 1.91. The van der Waals surface area contributed by atoms with Crippen LogP contribution in [0.1, 0.15) is 19.3 Å². The summed E-state index contributed by atoms with van der Waals surface area (Å²) in [6.45, 7) is 0. The zero-order chi connectivity index (χ0) is 5.28. The van der Waals surface area contributed by atoms with Gasteiger partial charge < -0.3 is 10.2 Å². The van der Waals surface area contributed by atoms with E-state index >= 15 is 0 Å². The Morgan fingerprint density at radius 2 is 1.22 bits per heavy atom. The Bertz CT molecular complexity index is 62.0. The molecule has 1 saturated carbocycles. The first-order valence-corrected chi connectivity index (χ1v) is 2.67. The Kier molecular flexibility index (Phi) is 7.18. The SMILES string of the molecule is Cl.Cl.OC1CCCC1O. The predicted molar refractivity (Wildman–Crippen MR) is 40.4 cm³/mol. The van der Waals surface area contributed by atoms with Crippen molar-refractivity contribution in [3.8, 4) is 0 Å². The van der Waals surface area contributed by atoms with Crippen LogP contribution in [0.2, 0.25) is 0 Å². The van der Waals surface area contributed by atoms with Gasteiger partial charge in [0.1, 0.15) is 0 Å². The van der Waals surface area contributed by atoms with Crippen LogP contribution < -0.4 is 0 Å². The van der Waals surface area contributed by atoms with Gasteiger partial charge in [-0.1, -0.05) is 0 Å². The molecule has 0 spiro atoms. The fraction of sp³-hybridized carbons (Fsp3) is 1.00. The summed E-state index contributed by atoms with van der Waals surface area (Å²) in [5.41, 5.74) is 0. The summed E-state index contributed by atoms with van der Waals surface area (Å²) in [7, 11) is 0. The zero-order valence-electron chi connectivity index (χ0n) is 4.99. The minimum Gasteiger partial charge on any atom is -0.390 e. The largest absolute Gasteiger partial charge is 0.390 e. The van der Waals surface area contributed by atoms with E-state index in [9.17, 15) is 0 Å². The van der Waals surface area contributed by atoms with Crippen LogP contribution in [0.5, 0.6) is 0 Å². The second-order valence-corrected chi connectivity index (χ2v) is 2.07. The molecular weight excluding hydrogens is 163 g/mol. The molecule has 2 atom stereocenters. The Hall–Kier alpha value is 0.500. The Balaban J connectivity index is 0. The summed E-state index contributed by atoms with van der Waals surface area (Å²) in [6.07, 6.45) is 1.67. The molecule has 2 unspecified atom stereocenters. The van der Waals surface area contributed by atoms with E-state index in [0.717, 1.165) is 19.3 Å². The summed E-state index contributed by atoms with van der Waals surface area (Å²) in [6, 6.07) is 0. The van der Waals surface area contributed by atoms with Gasteiger partial charge in [0, 0.05) is 0 Å². The fourth-order valence-corrected chi connectivity index (χ4v) is 0.921. The van der Waals surface area contributed by atoms with Gasteiger partial charge in [-0.2, -0.15) is 0 Å². The average molecular weight is 175 g/mol. The van der Waals surface area contributed by atoms with E-state index in [1.54, 1.807) is 0 Å². The molecule has 0 amide bonds. The van der Waals surface area contributed by atoms with Crippen LogP contribution in [0.25, 0.3) is 0 Å². The highest BCUT2D eigenvalue weighted by atomic mass is 35.5. The van der Waals surface area contributed by atoms with Crippen LogP contribution in [0.3, 0.4) is 0 Å². The van der Waals surface area contributed by atoms with Crippen LogP contribution in [0.15, 0.2) is 0 Å². The first-order chi connectivity index (χ1) is 3.30. The molecule has 1 aliphatic rings. The molecule has 0 aromatic heterocycles. The normalized spacial score (nSPS) is 32.7. The van der Waals surface area contributed by atoms with E-state index < -0.39 is 12.2 Å². The lowest BCUT2D eigenvalue weighted by Gasteiger charge is -2.03. The van der Waals surface area contributed by atoms with Crippen molar-refractivity contribution in [2.24, 2.45) is 0 Å². The van der Waals surface area contributed by atoms with Gasteiger partial charge in [0.25, 0.3) is 0 Å². The third kappa shape index (κ3) is 3.26. The minimum atomic E-state index is -0.431. The minimum absolute atomic E-state index is 0. The lowest BCUT2D eigenvalue weighted by Crippen LogP contribution is -2.17. The van der Waals surface area contributed by atoms with Crippen LogP contribution >= 0.6 is 24.8 Å². The third-order valence-corrected chi connectivity index (χ3v) is 1.44. The summed E-state index contributed by atoms with van der Waals surface area (Å²) in [4.78, 5) is 0. The lowest BCUT2D eigenvalue weighted by molar-refractivity contribution is 0.0438. The van der Waals surface area contributed by atoms with E-state index in [-0.39, 0.29) is 24.8 Å². The number of hydrogen-bond donors (Lipinski definition) is 2. The molecule has 0 aromatic carbocycles. The highest BCUT2D eigenvalue weighted by Gasteiger charge is 2.21. The van der Waals surface area contributed by atoms with Crippen molar-refractivity contribution in [1.29, 1.82) is 0 Å². The first kappa shape index (κ1) is 12.2. The third-order valence-electron chi connectivity index (χ3n) is 1.44. The summed E-state index contributed by atoms with van der Waals surface area (Å²) in [5.74, 6) is 0. The molecule has 4 heteroatoms. The fourth-order valence-electron chi connectivity index (χ4n) is 0.921. The van der Waals surface area contributed by atoms with Crippen molar-refractivity contribution in [3.05, 3.63) is 0 Å². The second kappa shape index (κ2) is 5.30. The lowest BCUT2D eigenvalue weighted by atomic mass is 10.3. The van der Waals surface area contributed by atoms with Crippen LogP contribution in [-0.2, 0) is 0 Å². The summed E-state index contributed by atoms with van der Waals surface area (Å²) < 4.78 is 0. The molecule has 1 fully saturated rings. The maximum atomic E-state index is 8.75. The molecule has 0 heterocycles. The number of rotatable bonds is 0. The Morgan fingerprint density at radius 1 is 0.889 bits per heavy atom. The monoisotopic (exact) mass is 174 g/mol. The first-order valence-electron chi connectivity index (χ1n) is 2.67. The van der Waals surface area contributed by atoms with Crippen LogP contribution in [0, 0.1) is 0 Å². The number of aliphatic hydroxyl groups is 2. The van der Waals surface area contributed by atoms with E-state index in [2.05, 4.69) is 0 Å². The predicted octanol–water partition coefficient (Wildman–Crippen LogP) is 0.736. The molecule has 0 aromatic rings. The van der Waals surface area contributed by atoms with Crippen molar-refractivity contribution in [3.63, 3.8) is 0 Å². The van der Waals surface area contributed by atoms with E-state index in [4.69, 9.17) is 10.2 Å². The standard InChI is InChI=1S/C5H10O2.2ClH/c6-4-2-1-3-5(4)7;;/h4-7H,1-3H2;2*1H. The molecule has 1 rings (SSSR count). The molecule has 0 bridgehead atoms.